The van der Waals surface area contributed by atoms with Crippen molar-refractivity contribution < 1.29 is 9.18 Å². The molecule has 0 aliphatic rings. The molecule has 3 N–H and O–H groups in total. The van der Waals surface area contributed by atoms with E-state index in [4.69, 9.17) is 0 Å². The lowest BCUT2D eigenvalue weighted by molar-refractivity contribution is 0.0954. The number of hydrogen-bond donors (Lipinski definition) is 3. The van der Waals surface area contributed by atoms with Crippen molar-refractivity contribution in [1.29, 1.82) is 0 Å². The maximum absolute atomic E-state index is 13.0. The molecule has 2 aromatic heterocycles. The van der Waals surface area contributed by atoms with Gasteiger partial charge < -0.3 is 5.32 Å². The van der Waals surface area contributed by atoms with E-state index in [1.807, 2.05) is 30.3 Å². The predicted octanol–water partition coefficient (Wildman–Crippen LogP) is 0.968. The normalized spacial score (nSPS) is 11.0. The third-order valence-electron chi connectivity index (χ3n) is 5.37. The summed E-state index contributed by atoms with van der Waals surface area (Å²) in [5.41, 5.74) is 6.90. The fourth-order valence-electron chi connectivity index (χ4n) is 3.55. The molecule has 0 fully saturated rings. The van der Waals surface area contributed by atoms with Crippen molar-refractivity contribution in [2.24, 2.45) is 14.1 Å². The van der Waals surface area contributed by atoms with E-state index in [-0.39, 0.29) is 18.1 Å². The van der Waals surface area contributed by atoms with E-state index in [0.717, 1.165) is 10.1 Å². The largest absolute Gasteiger partial charge is 0.351 e. The second-order valence-corrected chi connectivity index (χ2v) is 7.70. The van der Waals surface area contributed by atoms with Gasteiger partial charge in [-0.1, -0.05) is 30.3 Å². The summed E-state index contributed by atoms with van der Waals surface area (Å²) in [6, 6.07) is 14.8. The number of nitrogens with one attached hydrogen (secondary N) is 3. The van der Waals surface area contributed by atoms with Crippen LogP contribution in [0.25, 0.3) is 11.2 Å². The fraction of sp³-hybridized carbons (Fsp3) is 0.217. The number of aryl methyl sites for hydroxylation is 1. The molecule has 11 heteroatoms. The van der Waals surface area contributed by atoms with Crippen LogP contribution in [-0.4, -0.2) is 37.7 Å². The predicted molar refractivity (Wildman–Crippen MR) is 126 cm³/mol. The monoisotopic (exact) mass is 465 g/mol. The first-order chi connectivity index (χ1) is 16.4. The molecule has 0 aliphatic carbocycles. The Balaban J connectivity index is 1.51. The van der Waals surface area contributed by atoms with Gasteiger partial charge in [0.25, 0.3) is 11.5 Å². The zero-order chi connectivity index (χ0) is 24.2. The Hall–Kier alpha value is -4.25. The van der Waals surface area contributed by atoms with Gasteiger partial charge in [0.15, 0.2) is 11.2 Å². The SMILES string of the molecule is Cn1c(=O)c2c(nc(NNCCNC(=O)c3ccc(F)cc3)n2Cc2ccccc2)n(C)c1=O. The molecule has 34 heavy (non-hydrogen) atoms. The molecule has 2 aromatic carbocycles. The van der Waals surface area contributed by atoms with E-state index in [2.05, 4.69) is 21.2 Å². The quantitative estimate of drug-likeness (QED) is 0.264. The van der Waals surface area contributed by atoms with Gasteiger partial charge in [-0.25, -0.2) is 14.6 Å². The molecule has 1 amide bonds. The highest BCUT2D eigenvalue weighted by atomic mass is 19.1. The van der Waals surface area contributed by atoms with Crippen molar-refractivity contribution in [3.05, 3.63) is 92.4 Å². The highest BCUT2D eigenvalue weighted by molar-refractivity contribution is 5.94. The van der Waals surface area contributed by atoms with Crippen LogP contribution in [0.15, 0.2) is 64.2 Å². The van der Waals surface area contributed by atoms with Crippen molar-refractivity contribution in [2.45, 2.75) is 6.54 Å². The van der Waals surface area contributed by atoms with E-state index < -0.39 is 17.1 Å². The second kappa shape index (κ2) is 9.71. The smallest absolute Gasteiger partial charge is 0.332 e. The summed E-state index contributed by atoms with van der Waals surface area (Å²) in [4.78, 5) is 41.9. The lowest BCUT2D eigenvalue weighted by Crippen LogP contribution is -2.37. The maximum atomic E-state index is 13.0. The molecule has 4 rings (SSSR count). The summed E-state index contributed by atoms with van der Waals surface area (Å²) in [5.74, 6) is -0.383. The average molecular weight is 465 g/mol. The number of hydrogen-bond acceptors (Lipinski definition) is 6. The summed E-state index contributed by atoms with van der Waals surface area (Å²) in [7, 11) is 2.99. The van der Waals surface area contributed by atoms with Crippen LogP contribution in [-0.2, 0) is 20.6 Å². The number of carbonyl (C=O) groups excluding carboxylic acids is 1. The Bertz CT molecular complexity index is 1440. The molecule has 2 heterocycles. The van der Waals surface area contributed by atoms with Crippen LogP contribution in [0.2, 0.25) is 0 Å². The Kier molecular flexibility index (Phi) is 6.55. The van der Waals surface area contributed by atoms with Gasteiger partial charge in [-0.05, 0) is 29.8 Å². The second-order valence-electron chi connectivity index (χ2n) is 7.70. The topological polar surface area (TPSA) is 115 Å². The van der Waals surface area contributed by atoms with E-state index in [0.29, 0.717) is 30.1 Å². The van der Waals surface area contributed by atoms with Gasteiger partial charge in [-0.3, -0.25) is 28.7 Å². The van der Waals surface area contributed by atoms with Crippen molar-refractivity contribution in [2.75, 3.05) is 18.5 Å². The molecule has 0 saturated heterocycles. The van der Waals surface area contributed by atoms with Gasteiger partial charge in [0.2, 0.25) is 5.95 Å². The van der Waals surface area contributed by atoms with E-state index in [1.165, 1.54) is 35.9 Å². The third-order valence-corrected chi connectivity index (χ3v) is 5.37. The van der Waals surface area contributed by atoms with Crippen molar-refractivity contribution >= 4 is 23.0 Å². The number of imidazole rings is 1. The minimum atomic E-state index is -0.468. The zero-order valence-electron chi connectivity index (χ0n) is 18.7. The van der Waals surface area contributed by atoms with Gasteiger partial charge in [-0.2, -0.15) is 4.98 Å². The molecule has 0 atom stereocenters. The number of fused-ring (bicyclic) bond motifs is 1. The third kappa shape index (κ3) is 4.59. The molecule has 0 bridgehead atoms. The van der Waals surface area contributed by atoms with Gasteiger partial charge in [0.05, 0.1) is 6.54 Å². The van der Waals surface area contributed by atoms with Gasteiger partial charge in [-0.15, -0.1) is 0 Å². The van der Waals surface area contributed by atoms with E-state index in [9.17, 15) is 18.8 Å². The van der Waals surface area contributed by atoms with Crippen LogP contribution in [0.5, 0.6) is 0 Å². The standard InChI is InChI=1S/C23H24FN7O3/c1-29-19-18(21(33)30(2)23(29)34)31(14-15-6-4-3-5-7-15)22(27-19)28-26-13-12-25-20(32)16-8-10-17(24)11-9-16/h3-11,26H,12-14H2,1-2H3,(H,25,32)(H,27,28). The zero-order valence-corrected chi connectivity index (χ0v) is 18.7. The summed E-state index contributed by atoms with van der Waals surface area (Å²) < 4.78 is 17.1. The van der Waals surface area contributed by atoms with Crippen LogP contribution in [0.3, 0.4) is 0 Å². The van der Waals surface area contributed by atoms with Crippen molar-refractivity contribution in [1.82, 2.24) is 29.4 Å². The van der Waals surface area contributed by atoms with E-state index in [1.54, 1.807) is 11.6 Å². The Morgan fingerprint density at radius 1 is 0.971 bits per heavy atom. The lowest BCUT2D eigenvalue weighted by atomic mass is 10.2. The molecule has 0 unspecified atom stereocenters. The van der Waals surface area contributed by atoms with Crippen molar-refractivity contribution in [3.8, 4) is 0 Å². The summed E-state index contributed by atoms with van der Waals surface area (Å²) >= 11 is 0. The maximum Gasteiger partial charge on any atom is 0.332 e. The minimum Gasteiger partial charge on any atom is -0.351 e. The van der Waals surface area contributed by atoms with Crippen LogP contribution >= 0.6 is 0 Å². The van der Waals surface area contributed by atoms with Crippen LogP contribution in [0, 0.1) is 5.82 Å². The molecule has 0 saturated carbocycles. The van der Waals surface area contributed by atoms with Crippen LogP contribution < -0.4 is 27.4 Å². The number of anilines is 1. The van der Waals surface area contributed by atoms with Gasteiger partial charge >= 0.3 is 5.69 Å². The lowest BCUT2D eigenvalue weighted by Gasteiger charge is -2.12. The number of hydrazine groups is 1. The molecule has 0 aliphatic heterocycles. The molecule has 0 spiro atoms. The minimum absolute atomic E-state index is 0.262. The van der Waals surface area contributed by atoms with Crippen LogP contribution in [0.4, 0.5) is 10.3 Å². The molecule has 4 aromatic rings. The van der Waals surface area contributed by atoms with Gasteiger partial charge in [0.1, 0.15) is 5.82 Å². The molecular weight excluding hydrogens is 441 g/mol. The highest BCUT2D eigenvalue weighted by Crippen LogP contribution is 2.17. The first-order valence-electron chi connectivity index (χ1n) is 10.6. The number of aromatic nitrogens is 4. The Morgan fingerprint density at radius 3 is 2.38 bits per heavy atom. The summed E-state index contributed by atoms with van der Waals surface area (Å²) in [5, 5.41) is 2.73. The van der Waals surface area contributed by atoms with Crippen LogP contribution in [0.1, 0.15) is 15.9 Å². The Labute approximate surface area is 193 Å². The molecule has 0 radical (unpaired) electrons. The number of nitrogens with zero attached hydrogens (tertiary/aromatic N) is 4. The highest BCUT2D eigenvalue weighted by Gasteiger charge is 2.19. The average Bonchev–Trinajstić information content (AvgIpc) is 3.20. The molecule has 176 valence electrons. The van der Waals surface area contributed by atoms with E-state index >= 15 is 0 Å². The first-order valence-corrected chi connectivity index (χ1v) is 10.6. The number of amides is 1. The summed E-state index contributed by atoms with van der Waals surface area (Å²) in [6.45, 7) is 0.969. The summed E-state index contributed by atoms with van der Waals surface area (Å²) in [6.07, 6.45) is 0. The molecule has 10 nitrogen and oxygen atoms in total. The Morgan fingerprint density at radius 2 is 1.68 bits per heavy atom. The number of rotatable bonds is 8. The number of halogens is 1. The first kappa shape index (κ1) is 22.9. The van der Waals surface area contributed by atoms with Crippen molar-refractivity contribution in [3.63, 3.8) is 0 Å². The number of carbonyl (C=O) groups is 1. The van der Waals surface area contributed by atoms with Gasteiger partial charge in [0, 0.05) is 32.7 Å². The fourth-order valence-corrected chi connectivity index (χ4v) is 3.55. The number of benzene rings is 2. The molecular formula is C23H24FN7O3.